The molecule has 21 heavy (non-hydrogen) atoms. The first-order chi connectivity index (χ1) is 10.1. The highest BCUT2D eigenvalue weighted by molar-refractivity contribution is 14.1. The molecular weight excluding hydrogens is 497 g/mol. The second-order valence-corrected chi connectivity index (χ2v) is 6.72. The second kappa shape index (κ2) is 8.18. The van der Waals surface area contributed by atoms with Gasteiger partial charge in [0.25, 0.3) is 0 Å². The number of hydrogen-bond acceptors (Lipinski definition) is 4. The van der Waals surface area contributed by atoms with E-state index in [-0.39, 0.29) is 0 Å². The third-order valence-electron chi connectivity index (χ3n) is 3.01. The molecule has 0 aromatic carbocycles. The molecule has 2 aromatic rings. The van der Waals surface area contributed by atoms with Crippen LogP contribution >= 0.6 is 45.2 Å². The molecule has 1 aliphatic heterocycles. The van der Waals surface area contributed by atoms with Crippen LogP contribution in [-0.4, -0.2) is 23.1 Å². The minimum Gasteiger partial charge on any atom is -0.369 e. The van der Waals surface area contributed by atoms with Gasteiger partial charge in [-0.1, -0.05) is 0 Å². The van der Waals surface area contributed by atoms with Crippen molar-refractivity contribution in [2.45, 2.75) is 12.8 Å². The molecule has 1 aliphatic rings. The maximum Gasteiger partial charge on any atom is 0.217 e. The summed E-state index contributed by atoms with van der Waals surface area (Å²) in [7, 11) is 0. The normalized spacial score (nSPS) is 12.2. The van der Waals surface area contributed by atoms with Gasteiger partial charge in [0.05, 0.1) is 0 Å². The Balaban J connectivity index is 0.000000154. The highest BCUT2D eigenvalue weighted by Gasteiger charge is 2.12. The Morgan fingerprint density at radius 2 is 1.90 bits per heavy atom. The third kappa shape index (κ3) is 4.46. The van der Waals surface area contributed by atoms with Gasteiger partial charge in [0, 0.05) is 37.2 Å². The van der Waals surface area contributed by atoms with E-state index in [0.29, 0.717) is 18.5 Å². The van der Waals surface area contributed by atoms with Crippen molar-refractivity contribution in [1.29, 1.82) is 0 Å². The predicted molar refractivity (Wildman–Crippen MR) is 98.8 cm³/mol. The van der Waals surface area contributed by atoms with Crippen LogP contribution in [0.25, 0.3) is 0 Å². The van der Waals surface area contributed by atoms with Crippen molar-refractivity contribution in [3.8, 4) is 0 Å². The Labute approximate surface area is 150 Å². The van der Waals surface area contributed by atoms with Crippen molar-refractivity contribution in [2.24, 2.45) is 5.73 Å². The fraction of sp³-hybridized carbons (Fsp3) is 0.286. The molecule has 4 nitrogen and oxygen atoms in total. The van der Waals surface area contributed by atoms with Gasteiger partial charge >= 0.3 is 0 Å². The van der Waals surface area contributed by atoms with E-state index in [4.69, 9.17) is 5.73 Å². The summed E-state index contributed by atoms with van der Waals surface area (Å²) in [5.41, 5.74) is 7.30. The number of rotatable bonds is 2. The zero-order valence-electron chi connectivity index (χ0n) is 11.2. The molecule has 3 heterocycles. The molecule has 3 N–H and O–H groups in total. The van der Waals surface area contributed by atoms with E-state index in [9.17, 15) is 4.39 Å². The minimum absolute atomic E-state index is 0.401. The van der Waals surface area contributed by atoms with Gasteiger partial charge in [0.2, 0.25) is 5.95 Å². The summed E-state index contributed by atoms with van der Waals surface area (Å²) in [6.45, 7) is 1.50. The van der Waals surface area contributed by atoms with E-state index < -0.39 is 5.95 Å². The van der Waals surface area contributed by atoms with E-state index in [0.717, 1.165) is 22.4 Å². The van der Waals surface area contributed by atoms with Gasteiger partial charge in [-0.15, -0.1) is 0 Å². The molecule has 0 saturated heterocycles. The standard InChI is InChI=1S/C7H8FIN2.C7H7IN2/c8-7-5(1-3-10)6(9)2-4-11-7;8-6-2-4-10-7-5(6)1-3-9-7/h2,4H,1,3,10H2;2,4H,1,3H2,(H,9,10). The van der Waals surface area contributed by atoms with E-state index >= 15 is 0 Å². The van der Waals surface area contributed by atoms with Gasteiger partial charge in [-0.3, -0.25) is 0 Å². The maximum atomic E-state index is 12.9. The summed E-state index contributed by atoms with van der Waals surface area (Å²) in [4.78, 5) is 7.74. The molecule has 0 fully saturated rings. The summed E-state index contributed by atoms with van der Waals surface area (Å²) in [6.07, 6.45) is 4.98. The first-order valence-electron chi connectivity index (χ1n) is 6.49. The van der Waals surface area contributed by atoms with Gasteiger partial charge in [-0.2, -0.15) is 4.39 Å². The SMILES string of the molecule is Ic1ccnc2c1CCN2.NCCc1c(I)ccnc1F. The number of anilines is 1. The number of pyridine rings is 2. The average Bonchev–Trinajstić information content (AvgIpc) is 2.94. The molecule has 2 aromatic heterocycles. The fourth-order valence-electron chi connectivity index (χ4n) is 1.98. The van der Waals surface area contributed by atoms with Crippen molar-refractivity contribution >= 4 is 51.0 Å². The zero-order valence-corrected chi connectivity index (χ0v) is 15.6. The van der Waals surface area contributed by atoms with Crippen molar-refractivity contribution in [1.82, 2.24) is 9.97 Å². The quantitative estimate of drug-likeness (QED) is 0.480. The molecule has 0 spiro atoms. The lowest BCUT2D eigenvalue weighted by Gasteiger charge is -2.01. The lowest BCUT2D eigenvalue weighted by Crippen LogP contribution is -2.07. The van der Waals surface area contributed by atoms with Crippen molar-refractivity contribution < 1.29 is 4.39 Å². The van der Waals surface area contributed by atoms with Crippen molar-refractivity contribution in [2.75, 3.05) is 18.4 Å². The largest absolute Gasteiger partial charge is 0.369 e. The van der Waals surface area contributed by atoms with Crippen LogP contribution in [-0.2, 0) is 12.8 Å². The van der Waals surface area contributed by atoms with Crippen LogP contribution in [0.1, 0.15) is 11.1 Å². The van der Waals surface area contributed by atoms with Crippen LogP contribution in [0.2, 0.25) is 0 Å². The summed E-state index contributed by atoms with van der Waals surface area (Å²) in [5.74, 6) is 0.675. The second-order valence-electron chi connectivity index (χ2n) is 4.40. The molecule has 0 aliphatic carbocycles. The maximum absolute atomic E-state index is 12.9. The fourth-order valence-corrected chi connectivity index (χ4v) is 3.32. The summed E-state index contributed by atoms with van der Waals surface area (Å²) < 4.78 is 15.1. The highest BCUT2D eigenvalue weighted by atomic mass is 127. The number of nitrogens with zero attached hydrogens (tertiary/aromatic N) is 2. The average molecular weight is 512 g/mol. The van der Waals surface area contributed by atoms with Crippen molar-refractivity contribution in [3.05, 3.63) is 48.7 Å². The number of nitrogens with one attached hydrogen (secondary N) is 1. The number of nitrogens with two attached hydrogens (primary N) is 1. The lowest BCUT2D eigenvalue weighted by molar-refractivity contribution is 0.564. The van der Waals surface area contributed by atoms with Crippen LogP contribution in [0.5, 0.6) is 0 Å². The zero-order chi connectivity index (χ0) is 15.2. The molecule has 112 valence electrons. The van der Waals surface area contributed by atoms with Crippen LogP contribution in [0.15, 0.2) is 24.5 Å². The molecule has 7 heteroatoms. The van der Waals surface area contributed by atoms with Gasteiger partial charge in [0.1, 0.15) is 5.82 Å². The minimum atomic E-state index is -0.401. The Hall–Kier alpha value is -0.550. The summed E-state index contributed by atoms with van der Waals surface area (Å²) >= 11 is 4.42. The predicted octanol–water partition coefficient (Wildman–Crippen LogP) is 2.98. The van der Waals surface area contributed by atoms with E-state index in [1.54, 1.807) is 6.07 Å². The Morgan fingerprint density at radius 1 is 1.19 bits per heavy atom. The molecule has 0 bridgehead atoms. The van der Waals surface area contributed by atoms with Gasteiger partial charge in [-0.05, 0) is 76.7 Å². The molecule has 0 radical (unpaired) electrons. The van der Waals surface area contributed by atoms with E-state index in [1.165, 1.54) is 15.3 Å². The number of fused-ring (bicyclic) bond motifs is 1. The molecule has 0 amide bonds. The highest BCUT2D eigenvalue weighted by Crippen LogP contribution is 2.23. The van der Waals surface area contributed by atoms with Crippen molar-refractivity contribution in [3.63, 3.8) is 0 Å². The summed E-state index contributed by atoms with van der Waals surface area (Å²) in [5, 5.41) is 3.23. The smallest absolute Gasteiger partial charge is 0.217 e. The van der Waals surface area contributed by atoms with Gasteiger partial charge in [0.15, 0.2) is 0 Å². The monoisotopic (exact) mass is 512 g/mol. The van der Waals surface area contributed by atoms with Gasteiger partial charge < -0.3 is 11.1 Å². The molecular formula is C14H15FI2N4. The molecule has 3 rings (SSSR count). The van der Waals surface area contributed by atoms with E-state index in [2.05, 4.69) is 60.5 Å². The van der Waals surface area contributed by atoms with Crippen LogP contribution in [0.4, 0.5) is 10.2 Å². The summed E-state index contributed by atoms with van der Waals surface area (Å²) in [6, 6.07) is 3.82. The first kappa shape index (κ1) is 16.8. The van der Waals surface area contributed by atoms with Crippen LogP contribution < -0.4 is 11.1 Å². The lowest BCUT2D eigenvalue weighted by atomic mass is 10.2. The topological polar surface area (TPSA) is 63.8 Å². The molecule has 0 saturated carbocycles. The Morgan fingerprint density at radius 3 is 2.57 bits per heavy atom. The Kier molecular flexibility index (Phi) is 6.55. The first-order valence-corrected chi connectivity index (χ1v) is 8.65. The molecule has 0 atom stereocenters. The third-order valence-corrected chi connectivity index (χ3v) is 5.03. The van der Waals surface area contributed by atoms with Gasteiger partial charge in [-0.25, -0.2) is 9.97 Å². The number of aromatic nitrogens is 2. The number of halogens is 3. The molecule has 0 unspecified atom stereocenters. The van der Waals surface area contributed by atoms with E-state index in [1.807, 2.05) is 12.3 Å². The van der Waals surface area contributed by atoms with Crippen LogP contribution in [0, 0.1) is 13.1 Å². The van der Waals surface area contributed by atoms with Crippen LogP contribution in [0.3, 0.4) is 0 Å². The Bertz CT molecular complexity index is 602. The number of hydrogen-bond donors (Lipinski definition) is 2.